The molecule has 1 aliphatic heterocycles. The lowest BCUT2D eigenvalue weighted by atomic mass is 10.3. The molecule has 1 heterocycles. The molecule has 0 aromatic heterocycles. The van der Waals surface area contributed by atoms with Crippen molar-refractivity contribution < 1.29 is 9.53 Å². The van der Waals surface area contributed by atoms with Crippen molar-refractivity contribution in [2.45, 2.75) is 6.10 Å². The third-order valence-corrected chi connectivity index (χ3v) is 3.14. The zero-order valence-electron chi connectivity index (χ0n) is 8.12. The fraction of sp³-hybridized carbons (Fsp3) is 0.300. The number of anilines is 1. The maximum absolute atomic E-state index is 11.6. The molecule has 1 amide bonds. The van der Waals surface area contributed by atoms with Crippen LogP contribution in [-0.4, -0.2) is 24.6 Å². The first kappa shape index (κ1) is 11.8. The van der Waals surface area contributed by atoms with Crippen molar-refractivity contribution in [3.63, 3.8) is 0 Å². The molecule has 1 unspecified atom stereocenters. The Kier molecular flexibility index (Phi) is 3.47. The van der Waals surface area contributed by atoms with Gasteiger partial charge in [0, 0.05) is 5.02 Å². The molecule has 1 aromatic carbocycles. The molecule has 6 heteroatoms. The van der Waals surface area contributed by atoms with E-state index < -0.39 is 6.09 Å². The SMILES string of the molecule is O=C1OC(CCl)CN1c1cc(Cl)ccc1Cl. The Hall–Kier alpha value is -0.640. The number of nitrogens with zero attached hydrogens (tertiary/aromatic N) is 1. The van der Waals surface area contributed by atoms with Gasteiger partial charge < -0.3 is 4.74 Å². The summed E-state index contributed by atoms with van der Waals surface area (Å²) in [5, 5.41) is 0.970. The summed E-state index contributed by atoms with van der Waals surface area (Å²) < 4.78 is 5.03. The topological polar surface area (TPSA) is 29.5 Å². The van der Waals surface area contributed by atoms with E-state index in [1.54, 1.807) is 18.2 Å². The first-order chi connectivity index (χ1) is 7.61. The van der Waals surface area contributed by atoms with Crippen LogP contribution in [0.1, 0.15) is 0 Å². The van der Waals surface area contributed by atoms with Crippen molar-refractivity contribution in [2.75, 3.05) is 17.3 Å². The fourth-order valence-corrected chi connectivity index (χ4v) is 2.04. The summed E-state index contributed by atoms with van der Waals surface area (Å²) in [6.07, 6.45) is -0.751. The second kappa shape index (κ2) is 4.70. The Labute approximate surface area is 108 Å². The number of benzene rings is 1. The average Bonchev–Trinajstić information content (AvgIpc) is 2.63. The van der Waals surface area contributed by atoms with E-state index >= 15 is 0 Å². The first-order valence-corrected chi connectivity index (χ1v) is 5.90. The van der Waals surface area contributed by atoms with Gasteiger partial charge in [0.05, 0.1) is 23.1 Å². The van der Waals surface area contributed by atoms with E-state index in [1.165, 1.54) is 4.90 Å². The van der Waals surface area contributed by atoms with Gasteiger partial charge >= 0.3 is 6.09 Å². The quantitative estimate of drug-likeness (QED) is 0.775. The first-order valence-electron chi connectivity index (χ1n) is 4.61. The highest BCUT2D eigenvalue weighted by Crippen LogP contribution is 2.31. The Morgan fingerprint density at radius 2 is 2.19 bits per heavy atom. The Morgan fingerprint density at radius 1 is 1.44 bits per heavy atom. The van der Waals surface area contributed by atoms with Gasteiger partial charge in [-0.25, -0.2) is 4.79 Å². The van der Waals surface area contributed by atoms with Crippen LogP contribution in [0.2, 0.25) is 10.0 Å². The van der Waals surface area contributed by atoms with E-state index in [4.69, 9.17) is 39.5 Å². The predicted molar refractivity (Wildman–Crippen MR) is 64.8 cm³/mol. The van der Waals surface area contributed by atoms with Crippen LogP contribution < -0.4 is 4.90 Å². The second-order valence-electron chi connectivity index (χ2n) is 3.37. The minimum Gasteiger partial charge on any atom is -0.443 e. The molecule has 2 rings (SSSR count). The second-order valence-corrected chi connectivity index (χ2v) is 4.52. The minimum absolute atomic E-state index is 0.264. The normalized spacial score (nSPS) is 20.1. The van der Waals surface area contributed by atoms with Gasteiger partial charge in [-0.3, -0.25) is 4.90 Å². The number of hydrogen-bond donors (Lipinski definition) is 0. The molecule has 0 spiro atoms. The molecule has 1 fully saturated rings. The summed E-state index contributed by atoms with van der Waals surface area (Å²) in [6, 6.07) is 4.93. The zero-order chi connectivity index (χ0) is 11.7. The standard InChI is InChI=1S/C10H8Cl3NO2/c11-4-7-5-14(10(15)16-7)9-3-6(12)1-2-8(9)13/h1-3,7H,4-5H2. The van der Waals surface area contributed by atoms with Gasteiger partial charge in [0.1, 0.15) is 6.10 Å². The van der Waals surface area contributed by atoms with Gasteiger partial charge in [0.2, 0.25) is 0 Å². The molecule has 0 aliphatic carbocycles. The maximum Gasteiger partial charge on any atom is 0.414 e. The highest BCUT2D eigenvalue weighted by Gasteiger charge is 2.32. The molecule has 0 bridgehead atoms. The zero-order valence-corrected chi connectivity index (χ0v) is 10.4. The van der Waals surface area contributed by atoms with Gasteiger partial charge in [-0.1, -0.05) is 23.2 Å². The average molecular weight is 281 g/mol. The smallest absolute Gasteiger partial charge is 0.414 e. The van der Waals surface area contributed by atoms with Gasteiger partial charge in [-0.2, -0.15) is 0 Å². The summed E-state index contributed by atoms with van der Waals surface area (Å²) in [7, 11) is 0. The van der Waals surface area contributed by atoms with E-state index in [0.29, 0.717) is 22.3 Å². The Morgan fingerprint density at radius 3 is 2.81 bits per heavy atom. The van der Waals surface area contributed by atoms with Crippen LogP contribution in [0, 0.1) is 0 Å². The summed E-state index contributed by atoms with van der Waals surface area (Å²) in [6.45, 7) is 0.391. The van der Waals surface area contributed by atoms with Gasteiger partial charge in [-0.15, -0.1) is 11.6 Å². The van der Waals surface area contributed by atoms with Gasteiger partial charge in [0.15, 0.2) is 0 Å². The largest absolute Gasteiger partial charge is 0.443 e. The van der Waals surface area contributed by atoms with Crippen LogP contribution in [0.25, 0.3) is 0 Å². The van der Waals surface area contributed by atoms with Crippen molar-refractivity contribution in [2.24, 2.45) is 0 Å². The molecular weight excluding hydrogens is 272 g/mol. The lowest BCUT2D eigenvalue weighted by molar-refractivity contribution is 0.151. The van der Waals surface area contributed by atoms with E-state index in [-0.39, 0.29) is 12.0 Å². The van der Waals surface area contributed by atoms with Crippen molar-refractivity contribution in [1.82, 2.24) is 0 Å². The molecule has 0 radical (unpaired) electrons. The van der Waals surface area contributed by atoms with Gasteiger partial charge in [0.25, 0.3) is 0 Å². The minimum atomic E-state index is -0.449. The van der Waals surface area contributed by atoms with Crippen LogP contribution >= 0.6 is 34.8 Å². The Bertz CT molecular complexity index is 425. The molecule has 86 valence electrons. The van der Waals surface area contributed by atoms with E-state index in [9.17, 15) is 4.79 Å². The van der Waals surface area contributed by atoms with Crippen LogP contribution in [-0.2, 0) is 4.74 Å². The molecule has 1 aromatic rings. The van der Waals surface area contributed by atoms with E-state index in [1.807, 2.05) is 0 Å². The molecule has 0 N–H and O–H groups in total. The summed E-state index contributed by atoms with van der Waals surface area (Å²) in [4.78, 5) is 13.0. The molecular formula is C10H8Cl3NO2. The number of alkyl halides is 1. The van der Waals surface area contributed by atoms with Crippen molar-refractivity contribution in [1.29, 1.82) is 0 Å². The third kappa shape index (κ3) is 2.21. The van der Waals surface area contributed by atoms with Crippen LogP contribution in [0.15, 0.2) is 18.2 Å². The predicted octanol–water partition coefficient (Wildman–Crippen LogP) is 3.56. The lowest BCUT2D eigenvalue weighted by Crippen LogP contribution is -2.25. The fourth-order valence-electron chi connectivity index (χ4n) is 1.49. The summed E-state index contributed by atoms with van der Waals surface area (Å²) in [5.74, 6) is 0.264. The molecule has 0 saturated carbocycles. The highest BCUT2D eigenvalue weighted by molar-refractivity contribution is 6.35. The molecule has 16 heavy (non-hydrogen) atoms. The number of hydrogen-bond acceptors (Lipinski definition) is 2. The summed E-state index contributed by atoms with van der Waals surface area (Å²) >= 11 is 17.5. The van der Waals surface area contributed by atoms with Crippen molar-refractivity contribution in [3.05, 3.63) is 28.2 Å². The molecule has 1 aliphatic rings. The van der Waals surface area contributed by atoms with E-state index in [0.717, 1.165) is 0 Å². The number of ether oxygens (including phenoxy) is 1. The van der Waals surface area contributed by atoms with Gasteiger partial charge in [-0.05, 0) is 18.2 Å². The molecule has 1 saturated heterocycles. The highest BCUT2D eigenvalue weighted by atomic mass is 35.5. The maximum atomic E-state index is 11.6. The number of rotatable bonds is 2. The third-order valence-electron chi connectivity index (χ3n) is 2.25. The Balaban J connectivity index is 2.30. The van der Waals surface area contributed by atoms with Crippen molar-refractivity contribution in [3.8, 4) is 0 Å². The number of cyclic esters (lactones) is 1. The van der Waals surface area contributed by atoms with Crippen molar-refractivity contribution >= 4 is 46.6 Å². The lowest BCUT2D eigenvalue weighted by Gasteiger charge is -2.14. The van der Waals surface area contributed by atoms with Crippen LogP contribution in [0.5, 0.6) is 0 Å². The van der Waals surface area contributed by atoms with E-state index in [2.05, 4.69) is 0 Å². The molecule has 1 atom stereocenters. The monoisotopic (exact) mass is 279 g/mol. The summed E-state index contributed by atoms with van der Waals surface area (Å²) in [5.41, 5.74) is 0.548. The number of halogens is 3. The molecule has 3 nitrogen and oxygen atoms in total. The van der Waals surface area contributed by atoms with Crippen LogP contribution in [0.4, 0.5) is 10.5 Å². The number of amides is 1. The number of carbonyl (C=O) groups excluding carboxylic acids is 1. The van der Waals surface area contributed by atoms with Crippen LogP contribution in [0.3, 0.4) is 0 Å². The number of carbonyl (C=O) groups is 1.